The molecule has 2 N–H and O–H groups in total. The van der Waals surface area contributed by atoms with Crippen molar-refractivity contribution < 1.29 is 8.78 Å². The van der Waals surface area contributed by atoms with Gasteiger partial charge in [-0.2, -0.15) is 0 Å². The molecule has 3 rings (SSSR count). The zero-order chi connectivity index (χ0) is 14.8. The van der Waals surface area contributed by atoms with E-state index in [1.54, 1.807) is 6.07 Å². The zero-order valence-corrected chi connectivity index (χ0v) is 11.3. The Kier molecular flexibility index (Phi) is 3.62. The van der Waals surface area contributed by atoms with Gasteiger partial charge >= 0.3 is 0 Å². The van der Waals surface area contributed by atoms with E-state index in [4.69, 9.17) is 5.73 Å². The third-order valence-corrected chi connectivity index (χ3v) is 3.49. The van der Waals surface area contributed by atoms with Gasteiger partial charge in [-0.3, -0.25) is 4.98 Å². The van der Waals surface area contributed by atoms with Gasteiger partial charge in [-0.05, 0) is 30.7 Å². The molecule has 1 atom stereocenters. The Bertz CT molecular complexity index is 766. The normalized spacial score (nSPS) is 12.5. The second kappa shape index (κ2) is 5.58. The van der Waals surface area contributed by atoms with Gasteiger partial charge in [-0.1, -0.05) is 30.3 Å². The van der Waals surface area contributed by atoms with Gasteiger partial charge in [0.15, 0.2) is 0 Å². The summed E-state index contributed by atoms with van der Waals surface area (Å²) in [6, 6.07) is 14.6. The highest BCUT2D eigenvalue weighted by atomic mass is 19.1. The summed E-state index contributed by atoms with van der Waals surface area (Å²) < 4.78 is 27.3. The molecule has 0 radical (unpaired) electrons. The third kappa shape index (κ3) is 2.76. The van der Waals surface area contributed by atoms with Crippen molar-refractivity contribution in [2.24, 2.45) is 5.73 Å². The predicted octanol–water partition coefficient (Wildman–Crippen LogP) is 3.76. The van der Waals surface area contributed by atoms with E-state index in [9.17, 15) is 8.78 Å². The van der Waals surface area contributed by atoms with Gasteiger partial charge in [-0.15, -0.1) is 0 Å². The van der Waals surface area contributed by atoms with E-state index < -0.39 is 17.7 Å². The van der Waals surface area contributed by atoms with Crippen LogP contribution in [-0.2, 0) is 6.42 Å². The Hall–Kier alpha value is -2.33. The molecule has 4 heteroatoms. The molecule has 2 aromatic carbocycles. The van der Waals surface area contributed by atoms with E-state index >= 15 is 0 Å². The molecule has 3 aromatic rings. The molecule has 2 nitrogen and oxygen atoms in total. The first-order chi connectivity index (χ1) is 10.1. The van der Waals surface area contributed by atoms with Crippen molar-refractivity contribution >= 4 is 10.9 Å². The largest absolute Gasteiger partial charge is 0.322 e. The molecule has 1 unspecified atom stereocenters. The molecule has 0 spiro atoms. The summed E-state index contributed by atoms with van der Waals surface area (Å²) in [4.78, 5) is 4.46. The number of halogens is 2. The number of fused-ring (bicyclic) bond motifs is 1. The highest BCUT2D eigenvalue weighted by Gasteiger charge is 2.15. The molecule has 0 aliphatic heterocycles. The molecule has 0 saturated carbocycles. The van der Waals surface area contributed by atoms with Crippen LogP contribution >= 0.6 is 0 Å². The van der Waals surface area contributed by atoms with Crippen LogP contribution in [0.2, 0.25) is 0 Å². The monoisotopic (exact) mass is 284 g/mol. The molecule has 21 heavy (non-hydrogen) atoms. The summed E-state index contributed by atoms with van der Waals surface area (Å²) in [5, 5.41) is 1.01. The third-order valence-electron chi connectivity index (χ3n) is 3.49. The van der Waals surface area contributed by atoms with Gasteiger partial charge in [0.05, 0.1) is 17.3 Å². The Morgan fingerprint density at radius 3 is 2.38 bits per heavy atom. The molecular weight excluding hydrogens is 270 g/mol. The summed E-state index contributed by atoms with van der Waals surface area (Å²) in [7, 11) is 0. The summed E-state index contributed by atoms with van der Waals surface area (Å²) >= 11 is 0. The van der Waals surface area contributed by atoms with E-state index in [1.165, 1.54) is 18.2 Å². The fourth-order valence-corrected chi connectivity index (χ4v) is 2.34. The van der Waals surface area contributed by atoms with Crippen molar-refractivity contribution in [1.82, 2.24) is 4.98 Å². The van der Waals surface area contributed by atoms with Crippen molar-refractivity contribution in [3.8, 4) is 0 Å². The van der Waals surface area contributed by atoms with Gasteiger partial charge < -0.3 is 5.73 Å². The maximum Gasteiger partial charge on any atom is 0.129 e. The maximum atomic E-state index is 13.7. The van der Waals surface area contributed by atoms with Gasteiger partial charge in [0.1, 0.15) is 11.6 Å². The lowest BCUT2D eigenvalue weighted by atomic mass is 10.0. The molecule has 0 aliphatic carbocycles. The summed E-state index contributed by atoms with van der Waals surface area (Å²) in [6.07, 6.45) is 0.0733. The quantitative estimate of drug-likeness (QED) is 0.795. The number of para-hydroxylation sites is 1. The van der Waals surface area contributed by atoms with E-state index in [2.05, 4.69) is 4.98 Å². The molecular formula is C17H14F2N2. The number of benzene rings is 2. The minimum Gasteiger partial charge on any atom is -0.322 e. The number of hydrogen-bond donors (Lipinski definition) is 1. The number of aromatic nitrogens is 1. The minimum atomic E-state index is -0.578. The molecule has 0 bridgehead atoms. The van der Waals surface area contributed by atoms with Gasteiger partial charge in [-0.25, -0.2) is 8.78 Å². The second-order valence-corrected chi connectivity index (χ2v) is 4.94. The Labute approximate surface area is 121 Å². The average Bonchev–Trinajstić information content (AvgIpc) is 2.50. The van der Waals surface area contributed by atoms with Crippen molar-refractivity contribution in [2.45, 2.75) is 12.5 Å². The van der Waals surface area contributed by atoms with Crippen molar-refractivity contribution in [2.75, 3.05) is 0 Å². The van der Waals surface area contributed by atoms with Crippen LogP contribution in [0.5, 0.6) is 0 Å². The SMILES string of the molecule is NC(Cc1c(F)cccc1F)c1ccc2ccccc2n1. The van der Waals surface area contributed by atoms with Crippen LogP contribution in [0.4, 0.5) is 8.78 Å². The minimum absolute atomic E-state index is 0.0000383. The van der Waals surface area contributed by atoms with E-state index in [0.717, 1.165) is 10.9 Å². The first-order valence-corrected chi connectivity index (χ1v) is 6.69. The number of hydrogen-bond acceptors (Lipinski definition) is 2. The molecule has 0 fully saturated rings. The van der Waals surface area contributed by atoms with Crippen LogP contribution in [0.3, 0.4) is 0 Å². The van der Waals surface area contributed by atoms with Crippen LogP contribution in [-0.4, -0.2) is 4.98 Å². The Morgan fingerprint density at radius 1 is 0.905 bits per heavy atom. The van der Waals surface area contributed by atoms with E-state index in [0.29, 0.717) is 5.69 Å². The van der Waals surface area contributed by atoms with Gasteiger partial charge in [0.25, 0.3) is 0 Å². The van der Waals surface area contributed by atoms with Gasteiger partial charge in [0, 0.05) is 10.9 Å². The number of nitrogens with zero attached hydrogens (tertiary/aromatic N) is 1. The number of nitrogens with two attached hydrogens (primary N) is 1. The molecule has 1 heterocycles. The summed E-state index contributed by atoms with van der Waals surface area (Å²) in [5.74, 6) is -1.16. The number of rotatable bonds is 3. The lowest BCUT2D eigenvalue weighted by Gasteiger charge is -2.13. The topological polar surface area (TPSA) is 38.9 Å². The van der Waals surface area contributed by atoms with Crippen LogP contribution < -0.4 is 5.73 Å². The predicted molar refractivity (Wildman–Crippen MR) is 78.7 cm³/mol. The fourth-order valence-electron chi connectivity index (χ4n) is 2.34. The average molecular weight is 284 g/mol. The van der Waals surface area contributed by atoms with Crippen LogP contribution in [0.25, 0.3) is 10.9 Å². The van der Waals surface area contributed by atoms with Crippen molar-refractivity contribution in [3.63, 3.8) is 0 Å². The molecule has 1 aromatic heterocycles. The maximum absolute atomic E-state index is 13.7. The molecule has 0 amide bonds. The Morgan fingerprint density at radius 2 is 1.62 bits per heavy atom. The second-order valence-electron chi connectivity index (χ2n) is 4.94. The molecule has 106 valence electrons. The van der Waals surface area contributed by atoms with Crippen LogP contribution in [0.1, 0.15) is 17.3 Å². The van der Waals surface area contributed by atoms with Gasteiger partial charge in [0.2, 0.25) is 0 Å². The first-order valence-electron chi connectivity index (χ1n) is 6.69. The highest BCUT2D eigenvalue weighted by Crippen LogP contribution is 2.21. The lowest BCUT2D eigenvalue weighted by molar-refractivity contribution is 0.537. The van der Waals surface area contributed by atoms with Crippen molar-refractivity contribution in [3.05, 3.63) is 77.5 Å². The molecule has 0 saturated heterocycles. The van der Waals surface area contributed by atoms with E-state index in [-0.39, 0.29) is 12.0 Å². The highest BCUT2D eigenvalue weighted by molar-refractivity contribution is 5.78. The van der Waals surface area contributed by atoms with E-state index in [1.807, 2.05) is 30.3 Å². The van der Waals surface area contributed by atoms with Crippen LogP contribution in [0.15, 0.2) is 54.6 Å². The zero-order valence-electron chi connectivity index (χ0n) is 11.3. The Balaban J connectivity index is 1.91. The smallest absolute Gasteiger partial charge is 0.129 e. The summed E-state index contributed by atoms with van der Waals surface area (Å²) in [5.41, 5.74) is 7.50. The standard InChI is InChI=1S/C17H14F2N2/c18-13-5-3-6-14(19)12(13)10-15(20)17-9-8-11-4-1-2-7-16(11)21-17/h1-9,15H,10,20H2. The lowest BCUT2D eigenvalue weighted by Crippen LogP contribution is -2.16. The fraction of sp³-hybridized carbons (Fsp3) is 0.118. The van der Waals surface area contributed by atoms with Crippen molar-refractivity contribution in [1.29, 1.82) is 0 Å². The summed E-state index contributed by atoms with van der Waals surface area (Å²) in [6.45, 7) is 0. The first kappa shape index (κ1) is 13.6. The van der Waals surface area contributed by atoms with Crippen LogP contribution in [0, 0.1) is 11.6 Å². The molecule has 0 aliphatic rings. The number of pyridine rings is 1.